The molecule has 1 heterocycles. The molecule has 1 aromatic rings. The summed E-state index contributed by atoms with van der Waals surface area (Å²) in [6, 6.07) is 4.72. The molecule has 1 aliphatic rings. The van der Waals surface area contributed by atoms with Crippen LogP contribution in [-0.2, 0) is 5.41 Å². The lowest BCUT2D eigenvalue weighted by Gasteiger charge is -2.34. The first kappa shape index (κ1) is 14.4. The molecule has 19 heavy (non-hydrogen) atoms. The average molecular weight is 260 g/mol. The van der Waals surface area contributed by atoms with Gasteiger partial charge < -0.3 is 10.2 Å². The van der Waals surface area contributed by atoms with Crippen LogP contribution in [0.5, 0.6) is 0 Å². The molecule has 1 aliphatic heterocycles. The van der Waals surface area contributed by atoms with E-state index >= 15 is 0 Å². The van der Waals surface area contributed by atoms with Crippen LogP contribution in [0.2, 0.25) is 0 Å². The van der Waals surface area contributed by atoms with Crippen LogP contribution in [0.1, 0.15) is 37.5 Å². The number of nitrogens with one attached hydrogen (secondary N) is 1. The second-order valence-electron chi connectivity index (χ2n) is 7.11. The SMILES string of the molecule is Cc1cc(C(C)(C)C)cc(C)c1N(C)CC1CNC1. The first-order valence-electron chi connectivity index (χ1n) is 7.32. The van der Waals surface area contributed by atoms with Crippen LogP contribution in [0.25, 0.3) is 0 Å². The normalized spacial score (nSPS) is 16.3. The van der Waals surface area contributed by atoms with Crippen molar-refractivity contribution in [3.63, 3.8) is 0 Å². The van der Waals surface area contributed by atoms with Crippen molar-refractivity contribution < 1.29 is 0 Å². The monoisotopic (exact) mass is 260 g/mol. The smallest absolute Gasteiger partial charge is 0.0423 e. The predicted molar refractivity (Wildman–Crippen MR) is 84.2 cm³/mol. The minimum absolute atomic E-state index is 0.227. The highest BCUT2D eigenvalue weighted by atomic mass is 15.1. The van der Waals surface area contributed by atoms with Crippen LogP contribution in [0.3, 0.4) is 0 Å². The Balaban J connectivity index is 2.25. The molecule has 0 atom stereocenters. The number of hydrogen-bond donors (Lipinski definition) is 1. The molecule has 2 heteroatoms. The second kappa shape index (κ2) is 5.16. The van der Waals surface area contributed by atoms with E-state index in [0.717, 1.165) is 12.5 Å². The molecule has 0 aliphatic carbocycles. The van der Waals surface area contributed by atoms with Crippen molar-refractivity contribution in [2.75, 3.05) is 31.6 Å². The van der Waals surface area contributed by atoms with E-state index in [4.69, 9.17) is 0 Å². The van der Waals surface area contributed by atoms with Crippen LogP contribution in [0.15, 0.2) is 12.1 Å². The van der Waals surface area contributed by atoms with Gasteiger partial charge in [0, 0.05) is 38.3 Å². The number of anilines is 1. The number of rotatable bonds is 3. The van der Waals surface area contributed by atoms with Crippen LogP contribution in [-0.4, -0.2) is 26.7 Å². The van der Waals surface area contributed by atoms with Gasteiger partial charge in [-0.05, 0) is 36.0 Å². The van der Waals surface area contributed by atoms with Gasteiger partial charge in [-0.3, -0.25) is 0 Å². The molecule has 0 spiro atoms. The molecular formula is C17H28N2. The van der Waals surface area contributed by atoms with E-state index in [9.17, 15) is 0 Å². The first-order valence-corrected chi connectivity index (χ1v) is 7.32. The summed E-state index contributed by atoms with van der Waals surface area (Å²) < 4.78 is 0. The van der Waals surface area contributed by atoms with Gasteiger partial charge in [-0.15, -0.1) is 0 Å². The summed E-state index contributed by atoms with van der Waals surface area (Å²) in [6.07, 6.45) is 0. The first-order chi connectivity index (χ1) is 8.79. The van der Waals surface area contributed by atoms with E-state index in [1.807, 2.05) is 0 Å². The summed E-state index contributed by atoms with van der Waals surface area (Å²) in [4.78, 5) is 2.43. The van der Waals surface area contributed by atoms with E-state index in [1.54, 1.807) is 0 Å². The number of benzene rings is 1. The summed E-state index contributed by atoms with van der Waals surface area (Å²) in [5.41, 5.74) is 5.88. The van der Waals surface area contributed by atoms with Crippen LogP contribution >= 0.6 is 0 Å². The Labute approximate surface area is 118 Å². The van der Waals surface area contributed by atoms with E-state index in [1.165, 1.54) is 35.5 Å². The molecule has 0 unspecified atom stereocenters. The topological polar surface area (TPSA) is 15.3 Å². The van der Waals surface area contributed by atoms with Gasteiger partial charge in [0.05, 0.1) is 0 Å². The molecule has 1 fully saturated rings. The minimum Gasteiger partial charge on any atom is -0.374 e. The Bertz CT molecular complexity index is 430. The highest BCUT2D eigenvalue weighted by Crippen LogP contribution is 2.31. The Morgan fingerprint density at radius 3 is 2.05 bits per heavy atom. The third-order valence-corrected chi connectivity index (χ3v) is 4.14. The molecular weight excluding hydrogens is 232 g/mol. The Morgan fingerprint density at radius 2 is 1.68 bits per heavy atom. The quantitative estimate of drug-likeness (QED) is 0.897. The summed E-state index contributed by atoms with van der Waals surface area (Å²) in [5.74, 6) is 0.811. The van der Waals surface area contributed by atoms with E-state index in [-0.39, 0.29) is 5.41 Å². The zero-order valence-electron chi connectivity index (χ0n) is 13.3. The fourth-order valence-electron chi connectivity index (χ4n) is 2.95. The van der Waals surface area contributed by atoms with Gasteiger partial charge in [0.15, 0.2) is 0 Å². The van der Waals surface area contributed by atoms with Gasteiger partial charge in [0.2, 0.25) is 0 Å². The summed E-state index contributed by atoms with van der Waals surface area (Å²) >= 11 is 0. The molecule has 0 saturated carbocycles. The van der Waals surface area contributed by atoms with E-state index < -0.39 is 0 Å². The molecule has 0 bridgehead atoms. The summed E-state index contributed by atoms with van der Waals surface area (Å²) in [7, 11) is 2.23. The van der Waals surface area contributed by atoms with Gasteiger partial charge in [0.25, 0.3) is 0 Å². The fraction of sp³-hybridized carbons (Fsp3) is 0.647. The zero-order valence-corrected chi connectivity index (χ0v) is 13.3. The standard InChI is InChI=1S/C17H28N2/c1-12-7-15(17(3,4)5)8-13(2)16(12)19(6)11-14-9-18-10-14/h7-8,14,18H,9-11H2,1-6H3. The summed E-state index contributed by atoms with van der Waals surface area (Å²) in [6.45, 7) is 14.8. The molecule has 2 nitrogen and oxygen atoms in total. The molecule has 0 aromatic heterocycles. The third kappa shape index (κ3) is 3.11. The number of hydrogen-bond acceptors (Lipinski definition) is 2. The minimum atomic E-state index is 0.227. The molecule has 0 amide bonds. The Hall–Kier alpha value is -1.02. The van der Waals surface area contributed by atoms with E-state index in [0.29, 0.717) is 0 Å². The lowest BCUT2D eigenvalue weighted by molar-refractivity contribution is 0.352. The number of nitrogens with zero attached hydrogens (tertiary/aromatic N) is 1. The van der Waals surface area contributed by atoms with Crippen molar-refractivity contribution in [3.05, 3.63) is 28.8 Å². The van der Waals surface area contributed by atoms with E-state index in [2.05, 4.69) is 64.0 Å². The number of aryl methyl sites for hydroxylation is 2. The van der Waals surface area contributed by atoms with Crippen molar-refractivity contribution in [1.29, 1.82) is 0 Å². The molecule has 0 radical (unpaired) electrons. The maximum absolute atomic E-state index is 3.35. The molecule has 1 N–H and O–H groups in total. The highest BCUT2D eigenvalue weighted by Gasteiger charge is 2.21. The van der Waals surface area contributed by atoms with Gasteiger partial charge in [-0.2, -0.15) is 0 Å². The zero-order chi connectivity index (χ0) is 14.2. The second-order valence-corrected chi connectivity index (χ2v) is 7.11. The third-order valence-electron chi connectivity index (χ3n) is 4.14. The van der Waals surface area contributed by atoms with Gasteiger partial charge >= 0.3 is 0 Å². The van der Waals surface area contributed by atoms with Crippen LogP contribution < -0.4 is 10.2 Å². The predicted octanol–water partition coefficient (Wildman–Crippen LogP) is 3.26. The maximum atomic E-state index is 3.35. The Kier molecular flexibility index (Phi) is 3.91. The van der Waals surface area contributed by atoms with Crippen LogP contribution in [0.4, 0.5) is 5.69 Å². The van der Waals surface area contributed by atoms with Crippen molar-refractivity contribution in [3.8, 4) is 0 Å². The van der Waals surface area contributed by atoms with Crippen LogP contribution in [0, 0.1) is 19.8 Å². The average Bonchev–Trinajstić information content (AvgIpc) is 2.21. The highest BCUT2D eigenvalue weighted by molar-refractivity contribution is 5.60. The molecule has 1 saturated heterocycles. The molecule has 2 rings (SSSR count). The van der Waals surface area contributed by atoms with Gasteiger partial charge in [0.1, 0.15) is 0 Å². The molecule has 1 aromatic carbocycles. The Morgan fingerprint density at radius 1 is 1.16 bits per heavy atom. The molecule has 106 valence electrons. The maximum Gasteiger partial charge on any atom is 0.0423 e. The lowest BCUT2D eigenvalue weighted by Crippen LogP contribution is -2.47. The summed E-state index contributed by atoms with van der Waals surface area (Å²) in [5, 5.41) is 3.35. The van der Waals surface area contributed by atoms with Crippen molar-refractivity contribution in [1.82, 2.24) is 5.32 Å². The largest absolute Gasteiger partial charge is 0.374 e. The van der Waals surface area contributed by atoms with Crippen molar-refractivity contribution >= 4 is 5.69 Å². The fourth-order valence-corrected chi connectivity index (χ4v) is 2.95. The van der Waals surface area contributed by atoms with Crippen molar-refractivity contribution in [2.45, 2.75) is 40.0 Å². The van der Waals surface area contributed by atoms with Gasteiger partial charge in [-0.25, -0.2) is 0 Å². The lowest BCUT2D eigenvalue weighted by atomic mass is 9.84. The van der Waals surface area contributed by atoms with Crippen molar-refractivity contribution in [2.24, 2.45) is 5.92 Å². The van der Waals surface area contributed by atoms with Gasteiger partial charge in [-0.1, -0.05) is 32.9 Å².